The molecule has 6 rings (SSSR count). The highest BCUT2D eigenvalue weighted by Gasteiger charge is 2.39. The molecule has 4 aliphatic heterocycles. The molecule has 1 unspecified atom stereocenters. The molecule has 1 aromatic rings. The molecule has 1 aliphatic carbocycles. The van der Waals surface area contributed by atoms with Crippen LogP contribution in [0.15, 0.2) is 18.2 Å². The molecule has 1 saturated carbocycles. The van der Waals surface area contributed by atoms with Crippen LogP contribution < -0.4 is 15.4 Å². The van der Waals surface area contributed by atoms with Crippen molar-refractivity contribution < 1.29 is 23.9 Å². The van der Waals surface area contributed by atoms with Crippen molar-refractivity contribution in [3.05, 3.63) is 29.3 Å². The van der Waals surface area contributed by atoms with Gasteiger partial charge in [0.05, 0.1) is 6.10 Å². The Bertz CT molecular complexity index is 1060. The number of hydrogen-bond acceptors (Lipinski definition) is 6. The Morgan fingerprint density at radius 3 is 2.32 bits per heavy atom. The lowest BCUT2D eigenvalue weighted by Gasteiger charge is -2.40. The first kappa shape index (κ1) is 26.7. The molecule has 0 aromatic heterocycles. The molecule has 38 heavy (non-hydrogen) atoms. The van der Waals surface area contributed by atoms with Crippen molar-refractivity contribution >= 4 is 23.6 Å². The van der Waals surface area contributed by atoms with Crippen LogP contribution in [-0.2, 0) is 20.9 Å². The van der Waals surface area contributed by atoms with Crippen molar-refractivity contribution in [2.24, 2.45) is 11.8 Å². The SMILES string of the molecule is CC(=O)N1CCC(C2CNC2)CC1.O=C1CCC(N2Cc3cc(OC4CCCCC4)ccc3C2=O)C(=O)N1. The molecule has 206 valence electrons. The second-order valence-corrected chi connectivity index (χ2v) is 11.4. The molecule has 2 N–H and O–H groups in total. The largest absolute Gasteiger partial charge is 0.490 e. The number of fused-ring (bicyclic) bond motifs is 1. The molecule has 0 bridgehead atoms. The van der Waals surface area contributed by atoms with E-state index in [2.05, 4.69) is 10.6 Å². The number of benzene rings is 1. The van der Waals surface area contributed by atoms with Gasteiger partial charge >= 0.3 is 0 Å². The van der Waals surface area contributed by atoms with Crippen molar-refractivity contribution in [2.75, 3.05) is 26.2 Å². The molecule has 4 heterocycles. The lowest BCUT2D eigenvalue weighted by Crippen LogP contribution is -2.52. The standard InChI is InChI=1S/C19H22N2O4.C10H18N2O/c22-17-9-8-16(18(23)20-17)21-11-12-10-14(6-7-15(12)19(21)24)25-13-4-2-1-3-5-13;1-8(13)12-4-2-9(3-5-12)10-6-11-7-10/h6-7,10,13,16H,1-5,8-9,11H2,(H,20,22,23);9-11H,2-7H2,1H3. The summed E-state index contributed by atoms with van der Waals surface area (Å²) in [6.07, 6.45) is 9.20. The Kier molecular flexibility index (Phi) is 8.31. The zero-order valence-corrected chi connectivity index (χ0v) is 22.4. The zero-order valence-electron chi connectivity index (χ0n) is 22.4. The van der Waals surface area contributed by atoms with Crippen LogP contribution in [0.2, 0.25) is 0 Å². The van der Waals surface area contributed by atoms with E-state index in [1.165, 1.54) is 45.2 Å². The maximum atomic E-state index is 12.6. The van der Waals surface area contributed by atoms with Gasteiger partial charge in [-0.2, -0.15) is 0 Å². The summed E-state index contributed by atoms with van der Waals surface area (Å²) in [5.74, 6) is 2.01. The molecule has 0 spiro atoms. The van der Waals surface area contributed by atoms with E-state index in [-0.39, 0.29) is 36.2 Å². The number of nitrogens with zero attached hydrogens (tertiary/aromatic N) is 2. The molecule has 9 heteroatoms. The van der Waals surface area contributed by atoms with Crippen LogP contribution in [0.25, 0.3) is 0 Å². The molecule has 9 nitrogen and oxygen atoms in total. The van der Waals surface area contributed by atoms with Crippen LogP contribution in [0.5, 0.6) is 5.75 Å². The predicted molar refractivity (Wildman–Crippen MR) is 141 cm³/mol. The van der Waals surface area contributed by atoms with Gasteiger partial charge in [0.15, 0.2) is 0 Å². The maximum Gasteiger partial charge on any atom is 0.255 e. The second kappa shape index (κ2) is 11.8. The molecule has 4 amide bonds. The molecule has 5 aliphatic rings. The number of amides is 4. The number of piperidine rings is 2. The number of carbonyl (C=O) groups is 4. The van der Waals surface area contributed by atoms with Crippen molar-refractivity contribution in [3.63, 3.8) is 0 Å². The van der Waals surface area contributed by atoms with Crippen LogP contribution >= 0.6 is 0 Å². The minimum Gasteiger partial charge on any atom is -0.490 e. The monoisotopic (exact) mass is 524 g/mol. The van der Waals surface area contributed by atoms with Crippen LogP contribution in [0.3, 0.4) is 0 Å². The fraction of sp³-hybridized carbons (Fsp3) is 0.655. The number of hydrogen-bond donors (Lipinski definition) is 2. The van der Waals surface area contributed by atoms with Crippen molar-refractivity contribution in [1.82, 2.24) is 20.4 Å². The zero-order chi connectivity index (χ0) is 26.6. The first-order valence-corrected chi connectivity index (χ1v) is 14.3. The van der Waals surface area contributed by atoms with Gasteiger partial charge in [-0.1, -0.05) is 6.42 Å². The Morgan fingerprint density at radius 1 is 0.947 bits per heavy atom. The van der Waals surface area contributed by atoms with Crippen molar-refractivity contribution in [2.45, 2.75) is 83.4 Å². The summed E-state index contributed by atoms with van der Waals surface area (Å²) in [7, 11) is 0. The summed E-state index contributed by atoms with van der Waals surface area (Å²) in [4.78, 5) is 50.6. The van der Waals surface area contributed by atoms with Crippen molar-refractivity contribution in [3.8, 4) is 5.75 Å². The molecule has 3 saturated heterocycles. The van der Waals surface area contributed by atoms with Crippen LogP contribution in [0, 0.1) is 11.8 Å². The van der Waals surface area contributed by atoms with E-state index >= 15 is 0 Å². The number of nitrogens with one attached hydrogen (secondary N) is 2. The smallest absolute Gasteiger partial charge is 0.255 e. The van der Waals surface area contributed by atoms with Gasteiger partial charge in [0, 0.05) is 38.5 Å². The fourth-order valence-corrected chi connectivity index (χ4v) is 6.33. The first-order chi connectivity index (χ1) is 18.4. The highest BCUT2D eigenvalue weighted by Crippen LogP contribution is 2.32. The number of imide groups is 1. The summed E-state index contributed by atoms with van der Waals surface area (Å²) in [5, 5.41) is 5.63. The Balaban J connectivity index is 0.000000190. The van der Waals surface area contributed by atoms with Gasteiger partial charge in [0.1, 0.15) is 11.8 Å². The summed E-state index contributed by atoms with van der Waals surface area (Å²) in [6.45, 7) is 6.43. The quantitative estimate of drug-likeness (QED) is 0.587. The van der Waals surface area contributed by atoms with E-state index in [4.69, 9.17) is 4.74 Å². The van der Waals surface area contributed by atoms with Gasteiger partial charge in [-0.25, -0.2) is 0 Å². The van der Waals surface area contributed by atoms with Crippen LogP contribution in [0.1, 0.15) is 80.6 Å². The summed E-state index contributed by atoms with van der Waals surface area (Å²) >= 11 is 0. The van der Waals surface area contributed by atoms with E-state index < -0.39 is 6.04 Å². The Hall–Kier alpha value is -2.94. The van der Waals surface area contributed by atoms with E-state index in [9.17, 15) is 19.2 Å². The molecular weight excluding hydrogens is 484 g/mol. The number of likely N-dealkylation sites (tertiary alicyclic amines) is 1. The summed E-state index contributed by atoms with van der Waals surface area (Å²) in [5.41, 5.74) is 1.52. The summed E-state index contributed by atoms with van der Waals surface area (Å²) < 4.78 is 6.08. The van der Waals surface area contributed by atoms with Gasteiger partial charge in [0.25, 0.3) is 5.91 Å². The number of ether oxygens (including phenoxy) is 1. The molecule has 4 fully saturated rings. The highest BCUT2D eigenvalue weighted by molar-refractivity contribution is 6.05. The maximum absolute atomic E-state index is 12.6. The van der Waals surface area contributed by atoms with E-state index in [0.717, 1.165) is 49.1 Å². The van der Waals surface area contributed by atoms with Gasteiger partial charge < -0.3 is 19.9 Å². The van der Waals surface area contributed by atoms with E-state index in [1.807, 2.05) is 17.0 Å². The van der Waals surface area contributed by atoms with Gasteiger partial charge in [0.2, 0.25) is 17.7 Å². The topological polar surface area (TPSA) is 108 Å². The third kappa shape index (κ3) is 6.03. The van der Waals surface area contributed by atoms with Crippen molar-refractivity contribution in [1.29, 1.82) is 0 Å². The van der Waals surface area contributed by atoms with Gasteiger partial charge in [-0.05, 0) is 93.6 Å². The molecule has 1 aromatic carbocycles. The molecule has 0 radical (unpaired) electrons. The predicted octanol–water partition coefficient (Wildman–Crippen LogP) is 2.62. The second-order valence-electron chi connectivity index (χ2n) is 11.4. The first-order valence-electron chi connectivity index (χ1n) is 14.3. The Morgan fingerprint density at radius 2 is 1.68 bits per heavy atom. The minimum absolute atomic E-state index is 0.145. The number of carbonyl (C=O) groups excluding carboxylic acids is 4. The molecule has 1 atom stereocenters. The van der Waals surface area contributed by atoms with Crippen LogP contribution in [0.4, 0.5) is 0 Å². The lowest BCUT2D eigenvalue weighted by atomic mass is 9.81. The average molecular weight is 525 g/mol. The fourth-order valence-electron chi connectivity index (χ4n) is 6.33. The summed E-state index contributed by atoms with van der Waals surface area (Å²) in [6, 6.07) is 5.00. The van der Waals surface area contributed by atoms with E-state index in [0.29, 0.717) is 18.5 Å². The van der Waals surface area contributed by atoms with E-state index in [1.54, 1.807) is 17.9 Å². The minimum atomic E-state index is -0.569. The highest BCUT2D eigenvalue weighted by atomic mass is 16.5. The molecular formula is C29H40N4O5. The average Bonchev–Trinajstić information content (AvgIpc) is 3.20. The van der Waals surface area contributed by atoms with Gasteiger partial charge in [-0.3, -0.25) is 24.5 Å². The normalized spacial score (nSPS) is 24.8. The Labute approximate surface area is 224 Å². The third-order valence-corrected chi connectivity index (χ3v) is 8.81. The van der Waals surface area contributed by atoms with Crippen LogP contribution in [-0.4, -0.2) is 71.8 Å². The lowest BCUT2D eigenvalue weighted by molar-refractivity contribution is -0.137. The third-order valence-electron chi connectivity index (χ3n) is 8.81. The number of rotatable bonds is 4. The van der Waals surface area contributed by atoms with Gasteiger partial charge in [-0.15, -0.1) is 0 Å².